The monoisotopic (exact) mass is 370 g/mol. The number of hydrogen-bond donors (Lipinski definition) is 1. The Bertz CT molecular complexity index is 755. The van der Waals surface area contributed by atoms with Crippen molar-refractivity contribution in [2.24, 2.45) is 0 Å². The highest BCUT2D eigenvalue weighted by Gasteiger charge is 2.28. The number of Topliss-reactive ketones (excluding diaryl/α,β-unsaturated/α-hetero) is 1. The number of rotatable bonds is 5. The molecule has 0 radical (unpaired) electrons. The molecular weight excluding hydrogens is 348 g/mol. The highest BCUT2D eigenvalue weighted by molar-refractivity contribution is 5.96. The van der Waals surface area contributed by atoms with Crippen molar-refractivity contribution in [1.82, 2.24) is 0 Å². The first-order chi connectivity index (χ1) is 12.2. The van der Waals surface area contributed by atoms with E-state index >= 15 is 0 Å². The number of carbonyl (C=O) groups excluding carboxylic acids is 1. The molecule has 6 heteroatoms. The van der Waals surface area contributed by atoms with Gasteiger partial charge in [0.2, 0.25) is 0 Å². The average molecular weight is 370 g/mol. The van der Waals surface area contributed by atoms with Crippen LogP contribution in [-0.2, 0) is 5.60 Å². The van der Waals surface area contributed by atoms with Crippen molar-refractivity contribution in [1.29, 1.82) is 0 Å². The summed E-state index contributed by atoms with van der Waals surface area (Å²) in [5.74, 6) is -3.08. The maximum Gasteiger partial charge on any atom is 0.165 e. The van der Waals surface area contributed by atoms with Crippen molar-refractivity contribution >= 4 is 5.78 Å². The summed E-state index contributed by atoms with van der Waals surface area (Å²) in [6.07, 6.45) is 1.04. The van der Waals surface area contributed by atoms with Crippen LogP contribution in [0.3, 0.4) is 0 Å². The van der Waals surface area contributed by atoms with E-state index in [1.807, 2.05) is 0 Å². The van der Waals surface area contributed by atoms with Gasteiger partial charge in [0.15, 0.2) is 5.78 Å². The first-order valence-electron chi connectivity index (χ1n) is 8.34. The lowest BCUT2D eigenvalue weighted by atomic mass is 9.88. The average Bonchev–Trinajstić information content (AvgIpc) is 2.61. The summed E-state index contributed by atoms with van der Waals surface area (Å²) in [4.78, 5) is 11.0. The zero-order valence-corrected chi connectivity index (χ0v) is 15.0. The van der Waals surface area contributed by atoms with Crippen LogP contribution in [0.5, 0.6) is 0 Å². The first kappa shape index (κ1) is 21.8. The van der Waals surface area contributed by atoms with E-state index in [9.17, 15) is 27.5 Å². The van der Waals surface area contributed by atoms with Crippen LogP contribution < -0.4 is 0 Å². The van der Waals surface area contributed by atoms with Gasteiger partial charge in [-0.3, -0.25) is 4.79 Å². The maximum atomic E-state index is 13.3. The van der Waals surface area contributed by atoms with Crippen LogP contribution in [0.2, 0.25) is 0 Å². The molecule has 0 spiro atoms. The van der Waals surface area contributed by atoms with Crippen molar-refractivity contribution < 1.29 is 27.5 Å². The molecule has 2 aromatic rings. The summed E-state index contributed by atoms with van der Waals surface area (Å²) in [5, 5.41) is 10.0. The van der Waals surface area contributed by atoms with Crippen LogP contribution >= 0.6 is 0 Å². The molecule has 0 aliphatic carbocycles. The predicted octanol–water partition coefficient (Wildman–Crippen LogP) is 5.53. The third-order valence-corrected chi connectivity index (χ3v) is 4.15. The topological polar surface area (TPSA) is 37.3 Å². The van der Waals surface area contributed by atoms with Crippen LogP contribution in [0.1, 0.15) is 56.0 Å². The first-order valence-corrected chi connectivity index (χ1v) is 8.34. The number of carbonyl (C=O) groups is 1. The SMILES string of the molecule is CCC(=O)c1ccc(F)cc1F.CCC(O)(CC)c1ccc(F)cc1F. The zero-order valence-electron chi connectivity index (χ0n) is 15.0. The van der Waals surface area contributed by atoms with Gasteiger partial charge in [-0.15, -0.1) is 0 Å². The molecule has 0 atom stereocenters. The molecule has 1 N–H and O–H groups in total. The molecule has 142 valence electrons. The molecule has 0 saturated carbocycles. The van der Waals surface area contributed by atoms with Crippen molar-refractivity contribution in [3.05, 3.63) is 70.8 Å². The van der Waals surface area contributed by atoms with Gasteiger partial charge in [0.25, 0.3) is 0 Å². The Hall–Kier alpha value is -2.21. The van der Waals surface area contributed by atoms with Crippen molar-refractivity contribution in [3.8, 4) is 0 Å². The van der Waals surface area contributed by atoms with E-state index in [-0.39, 0.29) is 23.3 Å². The maximum absolute atomic E-state index is 13.3. The lowest BCUT2D eigenvalue weighted by Crippen LogP contribution is -2.25. The normalized spacial score (nSPS) is 10.9. The second-order valence-electron chi connectivity index (χ2n) is 5.76. The van der Waals surface area contributed by atoms with E-state index in [0.29, 0.717) is 18.9 Å². The summed E-state index contributed by atoms with van der Waals surface area (Å²) >= 11 is 0. The lowest BCUT2D eigenvalue weighted by Gasteiger charge is -2.26. The summed E-state index contributed by atoms with van der Waals surface area (Å²) in [5.41, 5.74) is -1.06. The molecule has 26 heavy (non-hydrogen) atoms. The highest BCUT2D eigenvalue weighted by Crippen LogP contribution is 2.30. The minimum Gasteiger partial charge on any atom is -0.385 e. The molecule has 0 aromatic heterocycles. The van der Waals surface area contributed by atoms with E-state index in [4.69, 9.17) is 0 Å². The van der Waals surface area contributed by atoms with Crippen LogP contribution in [-0.4, -0.2) is 10.9 Å². The molecular formula is C20H22F4O2. The predicted molar refractivity (Wildman–Crippen MR) is 91.8 cm³/mol. The van der Waals surface area contributed by atoms with E-state index in [1.54, 1.807) is 20.8 Å². The molecule has 0 unspecified atom stereocenters. The zero-order chi connectivity index (χ0) is 19.9. The van der Waals surface area contributed by atoms with Gasteiger partial charge >= 0.3 is 0 Å². The van der Waals surface area contributed by atoms with Crippen molar-refractivity contribution in [2.75, 3.05) is 0 Å². The van der Waals surface area contributed by atoms with Gasteiger partial charge in [0.05, 0.1) is 11.2 Å². The Balaban J connectivity index is 0.000000263. The third kappa shape index (κ3) is 5.39. The fourth-order valence-electron chi connectivity index (χ4n) is 2.40. The van der Waals surface area contributed by atoms with Crippen LogP contribution in [0, 0.1) is 23.3 Å². The van der Waals surface area contributed by atoms with E-state index in [1.165, 1.54) is 6.07 Å². The largest absolute Gasteiger partial charge is 0.385 e. The fraction of sp³-hybridized carbons (Fsp3) is 0.350. The van der Waals surface area contributed by atoms with Gasteiger partial charge in [-0.05, 0) is 31.0 Å². The molecule has 0 heterocycles. The van der Waals surface area contributed by atoms with Gasteiger partial charge < -0.3 is 5.11 Å². The smallest absolute Gasteiger partial charge is 0.165 e. The molecule has 0 fully saturated rings. The van der Waals surface area contributed by atoms with Crippen LogP contribution in [0.4, 0.5) is 17.6 Å². The van der Waals surface area contributed by atoms with Gasteiger partial charge in [-0.2, -0.15) is 0 Å². The van der Waals surface area contributed by atoms with Crippen LogP contribution in [0.25, 0.3) is 0 Å². The Kier molecular flexibility index (Phi) is 7.96. The molecule has 0 saturated heterocycles. The number of benzene rings is 2. The summed E-state index contributed by atoms with van der Waals surface area (Å²) in [6, 6.07) is 6.21. The van der Waals surface area contributed by atoms with E-state index in [0.717, 1.165) is 24.3 Å². The molecule has 2 nitrogen and oxygen atoms in total. The minimum absolute atomic E-state index is 0.0427. The summed E-state index contributed by atoms with van der Waals surface area (Å²) < 4.78 is 51.1. The summed E-state index contributed by atoms with van der Waals surface area (Å²) in [7, 11) is 0. The Morgan fingerprint density at radius 3 is 1.81 bits per heavy atom. The third-order valence-electron chi connectivity index (χ3n) is 4.15. The Morgan fingerprint density at radius 2 is 1.38 bits per heavy atom. The number of aliphatic hydroxyl groups is 1. The molecule has 0 bridgehead atoms. The molecule has 0 amide bonds. The van der Waals surface area contributed by atoms with Crippen molar-refractivity contribution in [2.45, 2.75) is 45.6 Å². The molecule has 2 rings (SSSR count). The summed E-state index contributed by atoms with van der Waals surface area (Å²) in [6.45, 7) is 5.17. The second kappa shape index (κ2) is 9.48. The van der Waals surface area contributed by atoms with Crippen LogP contribution in [0.15, 0.2) is 36.4 Å². The quantitative estimate of drug-likeness (QED) is 0.555. The van der Waals surface area contributed by atoms with E-state index < -0.39 is 28.9 Å². The fourth-order valence-corrected chi connectivity index (χ4v) is 2.40. The van der Waals surface area contributed by atoms with Gasteiger partial charge in [-0.1, -0.05) is 26.8 Å². The minimum atomic E-state index is -1.18. The molecule has 0 aliphatic rings. The Morgan fingerprint density at radius 1 is 0.885 bits per heavy atom. The lowest BCUT2D eigenvalue weighted by molar-refractivity contribution is 0.0247. The second-order valence-corrected chi connectivity index (χ2v) is 5.76. The number of ketones is 1. The standard InChI is InChI=1S/C11H14F2O.C9H8F2O/c1-3-11(14,4-2)9-6-5-8(12)7-10(9)13;1-2-9(12)7-4-3-6(10)5-8(7)11/h5-7,14H,3-4H2,1-2H3;3-5H,2H2,1H3. The van der Waals surface area contributed by atoms with Gasteiger partial charge in [0, 0.05) is 24.1 Å². The molecule has 2 aromatic carbocycles. The van der Waals surface area contributed by atoms with Gasteiger partial charge in [-0.25, -0.2) is 17.6 Å². The Labute approximate surface area is 150 Å². The van der Waals surface area contributed by atoms with Crippen molar-refractivity contribution in [3.63, 3.8) is 0 Å². The number of halogens is 4. The van der Waals surface area contributed by atoms with E-state index in [2.05, 4.69) is 0 Å². The molecule has 0 aliphatic heterocycles. The van der Waals surface area contributed by atoms with Gasteiger partial charge in [0.1, 0.15) is 23.3 Å². The highest BCUT2D eigenvalue weighted by atomic mass is 19.1. The number of hydrogen-bond acceptors (Lipinski definition) is 2.